The number of carbonyl (C=O) groups excluding carboxylic acids is 1. The molecule has 1 saturated carbocycles. The highest BCUT2D eigenvalue weighted by molar-refractivity contribution is 5.67. The molecule has 1 amide bonds. The van der Waals surface area contributed by atoms with Crippen LogP contribution in [0.5, 0.6) is 0 Å². The van der Waals surface area contributed by atoms with Crippen LogP contribution in [0.3, 0.4) is 0 Å². The van der Waals surface area contributed by atoms with E-state index in [1.54, 1.807) is 0 Å². The van der Waals surface area contributed by atoms with E-state index in [1.165, 1.54) is 44.9 Å². The Morgan fingerprint density at radius 3 is 2.45 bits per heavy atom. The third-order valence-electron chi connectivity index (χ3n) is 4.05. The maximum Gasteiger partial charge on any atom is 0.407 e. The van der Waals surface area contributed by atoms with Crippen molar-refractivity contribution in [3.63, 3.8) is 0 Å². The third kappa shape index (κ3) is 9.29. The number of rotatable bonds is 10. The lowest BCUT2D eigenvalue weighted by Crippen LogP contribution is -2.46. The van der Waals surface area contributed by atoms with Crippen LogP contribution in [0.4, 0.5) is 4.79 Å². The Balaban J connectivity index is 2.26. The molecule has 2 N–H and O–H groups in total. The van der Waals surface area contributed by atoms with Crippen LogP contribution in [0.2, 0.25) is 0 Å². The second-order valence-corrected chi connectivity index (χ2v) is 7.74. The molecule has 0 bridgehead atoms. The Bertz CT molecular complexity index is 322. The van der Waals surface area contributed by atoms with E-state index >= 15 is 0 Å². The van der Waals surface area contributed by atoms with Gasteiger partial charge in [-0.15, -0.1) is 0 Å². The topological polar surface area (TPSA) is 50.4 Å². The molecule has 0 aromatic heterocycles. The van der Waals surface area contributed by atoms with Gasteiger partial charge in [-0.3, -0.25) is 0 Å². The molecule has 1 rings (SSSR count). The fourth-order valence-corrected chi connectivity index (χ4v) is 2.69. The lowest BCUT2D eigenvalue weighted by Gasteiger charge is -2.25. The van der Waals surface area contributed by atoms with Crippen LogP contribution in [0.15, 0.2) is 0 Å². The number of carbonyl (C=O) groups is 1. The smallest absolute Gasteiger partial charge is 0.407 e. The van der Waals surface area contributed by atoms with Crippen molar-refractivity contribution in [1.82, 2.24) is 10.6 Å². The number of nitrogens with one attached hydrogen (secondary N) is 2. The number of hydrogen-bond acceptors (Lipinski definition) is 3. The summed E-state index contributed by atoms with van der Waals surface area (Å²) in [6, 6.07) is 0.900. The first-order valence-corrected chi connectivity index (χ1v) is 9.04. The highest BCUT2D eigenvalue weighted by atomic mass is 16.6. The summed E-state index contributed by atoms with van der Waals surface area (Å²) in [4.78, 5) is 11.8. The monoisotopic (exact) mass is 312 g/mol. The molecule has 0 aromatic rings. The molecule has 130 valence electrons. The third-order valence-corrected chi connectivity index (χ3v) is 4.05. The van der Waals surface area contributed by atoms with Crippen LogP contribution in [0, 0.1) is 5.92 Å². The zero-order chi connectivity index (χ0) is 16.6. The van der Waals surface area contributed by atoms with E-state index in [1.807, 2.05) is 20.8 Å². The van der Waals surface area contributed by atoms with Crippen LogP contribution < -0.4 is 10.6 Å². The normalized spacial score (nSPS) is 17.9. The maximum atomic E-state index is 11.8. The van der Waals surface area contributed by atoms with Crippen molar-refractivity contribution in [2.24, 2.45) is 5.92 Å². The van der Waals surface area contributed by atoms with E-state index in [2.05, 4.69) is 24.5 Å². The summed E-state index contributed by atoms with van der Waals surface area (Å²) in [7, 11) is 0. The molecule has 22 heavy (non-hydrogen) atoms. The zero-order valence-electron chi connectivity index (χ0n) is 15.2. The number of amides is 1. The minimum atomic E-state index is -0.431. The molecule has 1 aliphatic rings. The molecule has 2 unspecified atom stereocenters. The van der Waals surface area contributed by atoms with Gasteiger partial charge in [0.25, 0.3) is 0 Å². The summed E-state index contributed by atoms with van der Waals surface area (Å²) in [6.07, 6.45) is 8.69. The molecular weight excluding hydrogens is 276 g/mol. The van der Waals surface area contributed by atoms with Gasteiger partial charge in [0.15, 0.2) is 0 Å². The predicted molar refractivity (Wildman–Crippen MR) is 92.1 cm³/mol. The van der Waals surface area contributed by atoms with Gasteiger partial charge in [-0.1, -0.05) is 32.6 Å². The van der Waals surface area contributed by atoms with E-state index in [0.29, 0.717) is 24.5 Å². The van der Waals surface area contributed by atoms with Crippen LogP contribution in [0.1, 0.15) is 79.6 Å². The Morgan fingerprint density at radius 1 is 1.23 bits per heavy atom. The molecule has 2 atom stereocenters. The molecular formula is C18H36N2O2. The first kappa shape index (κ1) is 19.3. The van der Waals surface area contributed by atoms with Crippen LogP contribution in [-0.2, 0) is 4.74 Å². The fraction of sp³-hybridized carbons (Fsp3) is 0.944. The van der Waals surface area contributed by atoms with E-state index < -0.39 is 5.60 Å². The highest BCUT2D eigenvalue weighted by Gasteiger charge is 2.32. The van der Waals surface area contributed by atoms with Crippen molar-refractivity contribution in [2.45, 2.75) is 97.2 Å². The molecule has 0 aromatic carbocycles. The quantitative estimate of drug-likeness (QED) is 0.593. The summed E-state index contributed by atoms with van der Waals surface area (Å²) in [5.41, 5.74) is -0.431. The number of ether oxygens (including phenoxy) is 1. The van der Waals surface area contributed by atoms with Gasteiger partial charge in [0.1, 0.15) is 5.60 Å². The first-order valence-electron chi connectivity index (χ1n) is 9.04. The molecule has 0 saturated heterocycles. The molecule has 0 spiro atoms. The molecule has 0 heterocycles. The average molecular weight is 312 g/mol. The lowest BCUT2D eigenvalue weighted by molar-refractivity contribution is 0.0520. The Hall–Kier alpha value is -0.770. The molecule has 4 heteroatoms. The second-order valence-electron chi connectivity index (χ2n) is 7.74. The minimum absolute atomic E-state index is 0.310. The Kier molecular flexibility index (Phi) is 8.23. The van der Waals surface area contributed by atoms with Crippen LogP contribution >= 0.6 is 0 Å². The Labute approximate surface area is 136 Å². The fourth-order valence-electron chi connectivity index (χ4n) is 2.69. The summed E-state index contributed by atoms with van der Waals surface area (Å²) < 4.78 is 5.31. The zero-order valence-corrected chi connectivity index (χ0v) is 15.2. The first-order chi connectivity index (χ1) is 10.3. The molecule has 4 nitrogen and oxygen atoms in total. The van der Waals surface area contributed by atoms with Crippen LogP contribution in [-0.4, -0.2) is 30.3 Å². The van der Waals surface area contributed by atoms with E-state index in [4.69, 9.17) is 4.74 Å². The van der Waals surface area contributed by atoms with Gasteiger partial charge < -0.3 is 15.4 Å². The van der Waals surface area contributed by atoms with Gasteiger partial charge in [0.05, 0.1) is 0 Å². The standard InChI is InChI=1S/C18H36N2O2/c1-6-7-8-9-10-14(2)20-16(15-11-12-15)13-19-17(21)22-18(3,4)5/h14-16,20H,6-13H2,1-5H3,(H,19,21). The maximum absolute atomic E-state index is 11.8. The lowest BCUT2D eigenvalue weighted by atomic mass is 10.1. The van der Waals surface area contributed by atoms with Gasteiger partial charge in [-0.2, -0.15) is 0 Å². The summed E-state index contributed by atoms with van der Waals surface area (Å²) in [6.45, 7) is 10.8. The molecule has 0 aliphatic heterocycles. The summed E-state index contributed by atoms with van der Waals surface area (Å²) in [5.74, 6) is 0.716. The van der Waals surface area contributed by atoms with Gasteiger partial charge in [0.2, 0.25) is 0 Å². The van der Waals surface area contributed by atoms with Gasteiger partial charge in [0, 0.05) is 18.6 Å². The van der Waals surface area contributed by atoms with E-state index in [9.17, 15) is 4.79 Å². The SMILES string of the molecule is CCCCCCC(C)NC(CNC(=O)OC(C)(C)C)C1CC1. The second kappa shape index (κ2) is 9.39. The molecule has 1 aliphatic carbocycles. The van der Waals surface area contributed by atoms with Crippen LogP contribution in [0.25, 0.3) is 0 Å². The number of unbranched alkanes of at least 4 members (excludes halogenated alkanes) is 3. The van der Waals surface area contributed by atoms with Crippen molar-refractivity contribution in [3.05, 3.63) is 0 Å². The largest absolute Gasteiger partial charge is 0.444 e. The number of hydrogen-bond donors (Lipinski definition) is 2. The molecule has 0 radical (unpaired) electrons. The summed E-state index contributed by atoms with van der Waals surface area (Å²) >= 11 is 0. The van der Waals surface area contributed by atoms with Crippen molar-refractivity contribution in [2.75, 3.05) is 6.54 Å². The summed E-state index contributed by atoms with van der Waals surface area (Å²) in [5, 5.41) is 6.62. The number of alkyl carbamates (subject to hydrolysis) is 1. The van der Waals surface area contributed by atoms with Crippen molar-refractivity contribution in [3.8, 4) is 0 Å². The van der Waals surface area contributed by atoms with Crippen molar-refractivity contribution >= 4 is 6.09 Å². The Morgan fingerprint density at radius 2 is 1.91 bits per heavy atom. The van der Waals surface area contributed by atoms with E-state index in [0.717, 1.165) is 0 Å². The van der Waals surface area contributed by atoms with Crippen molar-refractivity contribution < 1.29 is 9.53 Å². The minimum Gasteiger partial charge on any atom is -0.444 e. The average Bonchev–Trinajstić information content (AvgIpc) is 3.22. The van der Waals surface area contributed by atoms with E-state index in [-0.39, 0.29) is 6.09 Å². The highest BCUT2D eigenvalue weighted by Crippen LogP contribution is 2.32. The predicted octanol–water partition coefficient (Wildman–Crippen LogP) is 4.24. The van der Waals surface area contributed by atoms with Gasteiger partial charge in [-0.25, -0.2) is 4.79 Å². The van der Waals surface area contributed by atoms with Gasteiger partial charge in [-0.05, 0) is 52.9 Å². The van der Waals surface area contributed by atoms with Crippen molar-refractivity contribution in [1.29, 1.82) is 0 Å². The molecule has 1 fully saturated rings. The van der Waals surface area contributed by atoms with Gasteiger partial charge >= 0.3 is 6.09 Å².